The van der Waals surface area contributed by atoms with Crippen LogP contribution in [0.4, 0.5) is 5.69 Å². The van der Waals surface area contributed by atoms with Gasteiger partial charge in [-0.25, -0.2) is 4.99 Å². The van der Waals surface area contributed by atoms with Crippen molar-refractivity contribution in [3.63, 3.8) is 0 Å². The quantitative estimate of drug-likeness (QED) is 0.119. The second-order valence-electron chi connectivity index (χ2n) is 20.8. The smallest absolute Gasteiger partial charge is 0.315 e. The summed E-state index contributed by atoms with van der Waals surface area (Å²) < 4.78 is 29.9. The van der Waals surface area contributed by atoms with Gasteiger partial charge in [0.15, 0.2) is 5.75 Å². The Kier molecular flexibility index (Phi) is 16.9. The maximum atomic E-state index is 14.9. The van der Waals surface area contributed by atoms with E-state index in [1.54, 1.807) is 53.7 Å². The van der Waals surface area contributed by atoms with Crippen molar-refractivity contribution in [3.8, 4) is 17.2 Å². The van der Waals surface area contributed by atoms with Gasteiger partial charge in [-0.05, 0) is 25.8 Å². The Bertz CT molecular complexity index is 2620. The number of piperidine rings is 1. The van der Waals surface area contributed by atoms with Gasteiger partial charge in [-0.2, -0.15) is 0 Å². The first-order valence-corrected chi connectivity index (χ1v) is 25.3. The molecule has 8 rings (SSSR count). The van der Waals surface area contributed by atoms with Crippen molar-refractivity contribution in [2.24, 2.45) is 39.6 Å². The SMILES string of the molecule is CO[C@H]1/C=C/O[C@@]2(C)Oc3c(C)c(O)c4c(O)c(c5c(c4c3C2=O)NC2(CCN(CC(C)C)CC2)N=5)=NC(=O)/C(C)=C\C=C\[C@H](C)[C@H](O)[C@@H](C)[C@@H](O)[C@@H](C)[C@H](OC(=O)CC(=O)NCCN2CCOCC2)[C@@H]1C. The number of phenolic OH excluding ortho intramolecular Hbond substituents is 2. The van der Waals surface area contributed by atoms with Gasteiger partial charge in [0.25, 0.3) is 11.7 Å². The number of ketones is 1. The largest absolute Gasteiger partial charge is 0.507 e. The average Bonchev–Trinajstić information content (AvgIpc) is 3.85. The number of likely N-dealkylation sites (tertiary alicyclic amines) is 1. The first-order valence-electron chi connectivity index (χ1n) is 25.3. The molecule has 2 fully saturated rings. The lowest BCUT2D eigenvalue weighted by Gasteiger charge is -2.38. The number of fused-ring (bicyclic) bond motifs is 13. The van der Waals surface area contributed by atoms with Gasteiger partial charge in [0.1, 0.15) is 40.4 Å². The average molecular weight is 1000 g/mol. The summed E-state index contributed by atoms with van der Waals surface area (Å²) in [5, 5.41) is 54.0. The van der Waals surface area contributed by atoms with Crippen LogP contribution in [0.1, 0.15) is 90.6 Å². The third-order valence-corrected chi connectivity index (χ3v) is 15.0. The van der Waals surface area contributed by atoms with E-state index >= 15 is 0 Å². The van der Waals surface area contributed by atoms with Gasteiger partial charge in [-0.15, -0.1) is 0 Å². The number of nitrogens with zero attached hydrogens (tertiary/aromatic N) is 4. The number of hydrogen-bond acceptors (Lipinski definition) is 17. The molecule has 19 heteroatoms. The molecule has 0 aromatic heterocycles. The molecule has 0 saturated carbocycles. The molecule has 9 atom stereocenters. The standard InChI is InChI=1S/C53H74N6O13/c1-28(2)27-59-18-15-53(16-19-59)56-41-38-39-46(64)34(8)49-40(38)50(66)52(9,72-49)70-23-14-35(68-10)31(5)48(71-37(61)26-36(60)54-17-20-58-21-24-69-25-22-58)33(7)45(63)32(6)44(62)29(3)12-11-13-30(4)51(67)55-43(47(39)65)42(41)57-53/h11-14,23,28-29,31-33,35,44-45,48,56,62-65H,15-22,24-27H2,1-10H3,(H,54,60)/b12-11+,23-14+,30-13-,55-43?/t29-,31+,32+,33+,35-,44-,45+,48+,52-/m0/s1. The van der Waals surface area contributed by atoms with Crippen LogP contribution in [0.2, 0.25) is 0 Å². The molecule has 5 bridgehead atoms. The monoisotopic (exact) mass is 1000 g/mol. The number of nitrogens with one attached hydrogen (secondary N) is 2. The molecule has 0 unspecified atom stereocenters. The van der Waals surface area contributed by atoms with Crippen molar-refractivity contribution in [3.05, 3.63) is 58.0 Å². The van der Waals surface area contributed by atoms with Crippen LogP contribution < -0.4 is 26.1 Å². The Labute approximate surface area is 421 Å². The fourth-order valence-corrected chi connectivity index (χ4v) is 10.6. The van der Waals surface area contributed by atoms with Gasteiger partial charge in [0, 0.05) is 113 Å². The Morgan fingerprint density at radius 3 is 2.29 bits per heavy atom. The van der Waals surface area contributed by atoms with E-state index in [-0.39, 0.29) is 43.9 Å². The summed E-state index contributed by atoms with van der Waals surface area (Å²) in [5.41, 5.74) is -0.248. The van der Waals surface area contributed by atoms with Crippen molar-refractivity contribution in [1.29, 1.82) is 0 Å². The van der Waals surface area contributed by atoms with E-state index in [0.717, 1.165) is 19.6 Å². The lowest BCUT2D eigenvalue weighted by molar-refractivity contribution is -0.164. The molecule has 1 spiro atoms. The van der Waals surface area contributed by atoms with E-state index < -0.39 is 101 Å². The molecule has 72 heavy (non-hydrogen) atoms. The molecule has 6 aliphatic heterocycles. The van der Waals surface area contributed by atoms with Gasteiger partial charge in [-0.1, -0.05) is 59.8 Å². The van der Waals surface area contributed by atoms with Gasteiger partial charge < -0.3 is 59.6 Å². The second kappa shape index (κ2) is 22.4. The molecular formula is C53H74N6O13. The number of morpholine rings is 1. The fourth-order valence-electron chi connectivity index (χ4n) is 10.6. The number of aromatic hydroxyl groups is 2. The summed E-state index contributed by atoms with van der Waals surface area (Å²) in [6, 6.07) is 0. The van der Waals surface area contributed by atoms with Crippen molar-refractivity contribution in [1.82, 2.24) is 15.1 Å². The number of Topliss-reactive ketones (excluding diaryl/α,β-unsaturated/α-hetero) is 1. The number of rotatable bonds is 9. The Balaban J connectivity index is 1.28. The van der Waals surface area contributed by atoms with Crippen molar-refractivity contribution in [2.75, 3.05) is 71.5 Å². The molecule has 19 nitrogen and oxygen atoms in total. The Morgan fingerprint density at radius 2 is 1.62 bits per heavy atom. The van der Waals surface area contributed by atoms with Crippen LogP contribution in [0.15, 0.2) is 46.1 Å². The van der Waals surface area contributed by atoms with E-state index in [2.05, 4.69) is 39.3 Å². The first-order chi connectivity index (χ1) is 34.1. The van der Waals surface area contributed by atoms with E-state index in [0.29, 0.717) is 63.8 Å². The van der Waals surface area contributed by atoms with E-state index in [1.165, 1.54) is 32.4 Å². The minimum Gasteiger partial charge on any atom is -0.507 e. The van der Waals surface area contributed by atoms with Crippen LogP contribution in [0, 0.1) is 36.5 Å². The maximum Gasteiger partial charge on any atom is 0.315 e. The topological polar surface area (TPSA) is 251 Å². The zero-order valence-corrected chi connectivity index (χ0v) is 43.3. The van der Waals surface area contributed by atoms with Gasteiger partial charge >= 0.3 is 11.8 Å². The summed E-state index contributed by atoms with van der Waals surface area (Å²) in [7, 11) is 1.44. The Morgan fingerprint density at radius 1 is 0.931 bits per heavy atom. The van der Waals surface area contributed by atoms with Crippen LogP contribution in [0.3, 0.4) is 0 Å². The number of methoxy groups -OCH3 is 1. The van der Waals surface area contributed by atoms with Crippen LogP contribution >= 0.6 is 0 Å². The predicted octanol–water partition coefficient (Wildman–Crippen LogP) is 3.57. The number of carbonyl (C=O) groups is 4. The van der Waals surface area contributed by atoms with Crippen molar-refractivity contribution >= 4 is 40.0 Å². The normalized spacial score (nSPS) is 30.9. The maximum absolute atomic E-state index is 14.9. The number of aliphatic hydroxyl groups excluding tert-OH is 2. The second-order valence-corrected chi connectivity index (χ2v) is 20.8. The third kappa shape index (κ3) is 11.2. The number of allylic oxidation sites excluding steroid dienone is 2. The number of phenols is 2. The fraction of sp³-hybridized carbons (Fsp3) is 0.623. The molecule has 2 saturated heterocycles. The highest BCUT2D eigenvalue weighted by molar-refractivity contribution is 6.21. The van der Waals surface area contributed by atoms with Crippen molar-refractivity contribution in [2.45, 2.75) is 117 Å². The number of esters is 1. The van der Waals surface area contributed by atoms with Crippen molar-refractivity contribution < 1.29 is 63.3 Å². The summed E-state index contributed by atoms with van der Waals surface area (Å²) >= 11 is 0. The molecule has 2 aromatic rings. The molecule has 2 amide bonds. The summed E-state index contributed by atoms with van der Waals surface area (Å²) in [5.74, 6) is -8.06. The summed E-state index contributed by atoms with van der Waals surface area (Å²) in [6.07, 6.45) is 3.78. The molecule has 0 radical (unpaired) electrons. The minimum atomic E-state index is -2.01. The lowest BCUT2D eigenvalue weighted by Crippen LogP contribution is -2.47. The number of carbonyl (C=O) groups excluding carboxylic acids is 4. The molecular weight excluding hydrogens is 929 g/mol. The zero-order chi connectivity index (χ0) is 52.4. The number of hydrogen-bond donors (Lipinski definition) is 6. The van der Waals surface area contributed by atoms with Gasteiger partial charge in [-0.3, -0.25) is 29.1 Å². The number of ether oxygens (including phenoxy) is 5. The van der Waals surface area contributed by atoms with E-state index in [1.807, 2.05) is 0 Å². The van der Waals surface area contributed by atoms with E-state index in [4.69, 9.17) is 28.7 Å². The summed E-state index contributed by atoms with van der Waals surface area (Å²) in [4.78, 5) is 69.6. The summed E-state index contributed by atoms with van der Waals surface area (Å²) in [6.45, 7) is 21.6. The minimum absolute atomic E-state index is 0.0234. The molecule has 0 aliphatic carbocycles. The number of amides is 2. The van der Waals surface area contributed by atoms with Crippen LogP contribution in [-0.2, 0) is 33.3 Å². The molecule has 6 aliphatic rings. The number of anilines is 1. The van der Waals surface area contributed by atoms with Crippen LogP contribution in [0.5, 0.6) is 17.2 Å². The Hall–Kier alpha value is -5.44. The van der Waals surface area contributed by atoms with Gasteiger partial charge in [0.2, 0.25) is 5.91 Å². The molecule has 6 heterocycles. The highest BCUT2D eigenvalue weighted by atomic mass is 16.7. The molecule has 2 aromatic carbocycles. The third-order valence-electron chi connectivity index (χ3n) is 15.0. The van der Waals surface area contributed by atoms with Crippen LogP contribution in [-0.4, -0.2) is 156 Å². The highest BCUT2D eigenvalue weighted by Crippen LogP contribution is 2.51. The van der Waals surface area contributed by atoms with E-state index in [9.17, 15) is 39.6 Å². The van der Waals surface area contributed by atoms with Gasteiger partial charge in [0.05, 0.1) is 54.4 Å². The highest BCUT2D eigenvalue weighted by Gasteiger charge is 2.51. The first kappa shape index (κ1) is 54.3. The molecule has 394 valence electrons. The zero-order valence-electron chi connectivity index (χ0n) is 43.3. The lowest BCUT2D eigenvalue weighted by atomic mass is 9.78. The predicted molar refractivity (Wildman–Crippen MR) is 267 cm³/mol. The van der Waals surface area contributed by atoms with Crippen LogP contribution in [0.25, 0.3) is 10.8 Å². The number of benzene rings is 2. The molecule has 6 N–H and O–H groups in total. The number of aliphatic hydroxyl groups is 2.